The second-order valence-corrected chi connectivity index (χ2v) is 7.31. The van der Waals surface area contributed by atoms with Crippen molar-refractivity contribution in [1.82, 2.24) is 4.31 Å². The molecular formula is C12H18BrNO4S. The monoisotopic (exact) mass is 351 g/mol. The molecule has 0 amide bonds. The van der Waals surface area contributed by atoms with Crippen molar-refractivity contribution in [3.8, 4) is 0 Å². The molecule has 1 aromatic rings. The molecule has 7 heteroatoms. The Bertz CT molecular complexity index is 518. The van der Waals surface area contributed by atoms with E-state index in [9.17, 15) is 8.42 Å². The highest BCUT2D eigenvalue weighted by Crippen LogP contribution is 2.29. The van der Waals surface area contributed by atoms with Crippen molar-refractivity contribution in [3.05, 3.63) is 16.5 Å². The van der Waals surface area contributed by atoms with Crippen molar-refractivity contribution in [1.29, 1.82) is 0 Å². The maximum Gasteiger partial charge on any atom is 0.247 e. The lowest BCUT2D eigenvalue weighted by molar-refractivity contribution is 0.245. The van der Waals surface area contributed by atoms with Crippen molar-refractivity contribution in [2.45, 2.75) is 43.6 Å². The highest BCUT2D eigenvalue weighted by molar-refractivity contribution is 9.10. The van der Waals surface area contributed by atoms with E-state index in [2.05, 4.69) is 15.9 Å². The van der Waals surface area contributed by atoms with Gasteiger partial charge in [-0.3, -0.25) is 0 Å². The average Bonchev–Trinajstić information content (AvgIpc) is 2.70. The molecule has 1 aliphatic rings. The Balaban J connectivity index is 2.26. The van der Waals surface area contributed by atoms with Crippen molar-refractivity contribution in [2.24, 2.45) is 0 Å². The van der Waals surface area contributed by atoms with Crippen molar-refractivity contribution >= 4 is 26.0 Å². The summed E-state index contributed by atoms with van der Waals surface area (Å²) in [6, 6.07) is 1.39. The molecule has 2 rings (SSSR count). The Labute approximate surface area is 121 Å². The predicted octanol–water partition coefficient (Wildman–Crippen LogP) is 2.49. The molecule has 108 valence electrons. The smallest absolute Gasteiger partial charge is 0.247 e. The van der Waals surface area contributed by atoms with Gasteiger partial charge in [0.05, 0.1) is 0 Å². The molecule has 19 heavy (non-hydrogen) atoms. The molecule has 1 aromatic heterocycles. The Hall–Kier alpha value is -0.370. The van der Waals surface area contributed by atoms with Crippen LogP contribution in [0.15, 0.2) is 20.0 Å². The van der Waals surface area contributed by atoms with Crippen LogP contribution in [0.3, 0.4) is 0 Å². The van der Waals surface area contributed by atoms with Crippen LogP contribution in [0.2, 0.25) is 0 Å². The van der Waals surface area contributed by atoms with Crippen LogP contribution in [-0.4, -0.2) is 30.9 Å². The van der Waals surface area contributed by atoms with Crippen molar-refractivity contribution in [2.75, 3.05) is 13.1 Å². The van der Waals surface area contributed by atoms with Gasteiger partial charge in [-0.05, 0) is 28.8 Å². The number of sulfonamides is 1. The maximum atomic E-state index is 12.6. The van der Waals surface area contributed by atoms with E-state index in [4.69, 9.17) is 9.52 Å². The summed E-state index contributed by atoms with van der Waals surface area (Å²) in [6.45, 7) is 0.789. The van der Waals surface area contributed by atoms with Crippen molar-refractivity contribution in [3.63, 3.8) is 0 Å². The maximum absolute atomic E-state index is 12.6. The minimum Gasteiger partial charge on any atom is -0.450 e. The summed E-state index contributed by atoms with van der Waals surface area (Å²) in [7, 11) is -3.54. The molecule has 5 nitrogen and oxygen atoms in total. The number of hydrogen-bond acceptors (Lipinski definition) is 4. The van der Waals surface area contributed by atoms with Crippen LogP contribution in [0.5, 0.6) is 0 Å². The van der Waals surface area contributed by atoms with Crippen LogP contribution in [0, 0.1) is 0 Å². The van der Waals surface area contributed by atoms with Gasteiger partial charge in [0, 0.05) is 19.2 Å². The Morgan fingerprint density at radius 3 is 2.32 bits per heavy atom. The van der Waals surface area contributed by atoms with Crippen LogP contribution in [-0.2, 0) is 16.6 Å². The average molecular weight is 352 g/mol. The van der Waals surface area contributed by atoms with E-state index in [0.29, 0.717) is 13.1 Å². The molecule has 1 aliphatic heterocycles. The fourth-order valence-corrected chi connectivity index (χ4v) is 4.73. The molecule has 0 spiro atoms. The standard InChI is InChI=1S/C12H18BrNO4S/c13-12-11(8-10(9-15)18-12)19(16,17)14-6-4-2-1-3-5-7-14/h8,15H,1-7,9H2. The topological polar surface area (TPSA) is 70.8 Å². The number of halogens is 1. The summed E-state index contributed by atoms with van der Waals surface area (Å²) in [6.07, 6.45) is 5.10. The fourth-order valence-electron chi connectivity index (χ4n) is 2.25. The Morgan fingerprint density at radius 2 is 1.79 bits per heavy atom. The number of furan rings is 1. The SMILES string of the molecule is O=S(=O)(c1cc(CO)oc1Br)N1CCCCCCC1. The molecule has 0 bridgehead atoms. The largest absolute Gasteiger partial charge is 0.450 e. The van der Waals surface area contributed by atoms with Gasteiger partial charge < -0.3 is 9.52 Å². The fraction of sp³-hybridized carbons (Fsp3) is 0.667. The number of aliphatic hydroxyl groups is 1. The summed E-state index contributed by atoms with van der Waals surface area (Å²) in [5.41, 5.74) is 0. The highest BCUT2D eigenvalue weighted by Gasteiger charge is 2.29. The van der Waals surface area contributed by atoms with Gasteiger partial charge in [-0.15, -0.1) is 0 Å². The van der Waals surface area contributed by atoms with Gasteiger partial charge in [0.15, 0.2) is 4.67 Å². The third-order valence-electron chi connectivity index (χ3n) is 3.30. The summed E-state index contributed by atoms with van der Waals surface area (Å²) < 4.78 is 32.0. The summed E-state index contributed by atoms with van der Waals surface area (Å²) in [5.74, 6) is 0.248. The molecular weight excluding hydrogens is 334 g/mol. The Kier molecular flexibility index (Phi) is 5.05. The van der Waals surface area contributed by atoms with Gasteiger partial charge in [-0.2, -0.15) is 4.31 Å². The van der Waals surface area contributed by atoms with E-state index in [0.717, 1.165) is 25.7 Å². The van der Waals surface area contributed by atoms with Crippen LogP contribution >= 0.6 is 15.9 Å². The van der Waals surface area contributed by atoms with Crippen LogP contribution in [0.1, 0.15) is 37.9 Å². The van der Waals surface area contributed by atoms with Gasteiger partial charge in [-0.1, -0.05) is 19.3 Å². The normalized spacial score (nSPS) is 19.1. The third-order valence-corrected chi connectivity index (χ3v) is 6.05. The lowest BCUT2D eigenvalue weighted by Gasteiger charge is -2.23. The second-order valence-electron chi connectivity index (χ2n) is 4.68. The van der Waals surface area contributed by atoms with E-state index in [1.54, 1.807) is 0 Å². The quantitative estimate of drug-likeness (QED) is 0.907. The molecule has 1 N–H and O–H groups in total. The van der Waals surface area contributed by atoms with E-state index in [1.165, 1.54) is 16.8 Å². The van der Waals surface area contributed by atoms with Crippen molar-refractivity contribution < 1.29 is 17.9 Å². The summed E-state index contributed by atoms with van der Waals surface area (Å²) in [4.78, 5) is 0.108. The first-order chi connectivity index (χ1) is 9.05. The minimum absolute atomic E-state index is 0.108. The summed E-state index contributed by atoms with van der Waals surface area (Å²) >= 11 is 3.11. The van der Waals surface area contributed by atoms with E-state index in [-0.39, 0.29) is 21.9 Å². The lowest BCUT2D eigenvalue weighted by atomic mass is 10.1. The predicted molar refractivity (Wildman–Crippen MR) is 74.2 cm³/mol. The molecule has 0 unspecified atom stereocenters. The number of rotatable bonds is 3. The van der Waals surface area contributed by atoms with Gasteiger partial charge in [0.2, 0.25) is 10.0 Å². The number of nitrogens with zero attached hydrogens (tertiary/aromatic N) is 1. The van der Waals surface area contributed by atoms with Crippen LogP contribution in [0.4, 0.5) is 0 Å². The zero-order valence-electron chi connectivity index (χ0n) is 10.6. The zero-order chi connectivity index (χ0) is 13.9. The Morgan fingerprint density at radius 1 is 1.21 bits per heavy atom. The highest BCUT2D eigenvalue weighted by atomic mass is 79.9. The van der Waals surface area contributed by atoms with E-state index < -0.39 is 10.0 Å². The van der Waals surface area contributed by atoms with Gasteiger partial charge in [-0.25, -0.2) is 8.42 Å². The third kappa shape index (κ3) is 3.39. The van der Waals surface area contributed by atoms with E-state index >= 15 is 0 Å². The zero-order valence-corrected chi connectivity index (χ0v) is 13.0. The molecule has 1 saturated heterocycles. The first-order valence-electron chi connectivity index (χ1n) is 6.45. The van der Waals surface area contributed by atoms with Crippen LogP contribution < -0.4 is 0 Å². The molecule has 2 heterocycles. The molecule has 0 saturated carbocycles. The molecule has 1 fully saturated rings. The summed E-state index contributed by atoms with van der Waals surface area (Å²) in [5, 5.41) is 9.01. The van der Waals surface area contributed by atoms with Gasteiger partial charge in [0.1, 0.15) is 17.3 Å². The van der Waals surface area contributed by atoms with E-state index in [1.807, 2.05) is 0 Å². The number of aliphatic hydroxyl groups excluding tert-OH is 1. The van der Waals surface area contributed by atoms with Gasteiger partial charge in [0.25, 0.3) is 0 Å². The molecule has 0 aromatic carbocycles. The molecule has 0 aliphatic carbocycles. The van der Waals surface area contributed by atoms with Crippen LogP contribution in [0.25, 0.3) is 0 Å². The minimum atomic E-state index is -3.54. The molecule has 0 radical (unpaired) electrons. The first-order valence-corrected chi connectivity index (χ1v) is 8.68. The molecule has 0 atom stereocenters. The lowest BCUT2D eigenvalue weighted by Crippen LogP contribution is -2.33. The number of hydrogen-bond donors (Lipinski definition) is 1. The first kappa shape index (κ1) is 15.0. The second kappa shape index (κ2) is 6.39. The van der Waals surface area contributed by atoms with Gasteiger partial charge >= 0.3 is 0 Å².